The van der Waals surface area contributed by atoms with Gasteiger partial charge in [0.05, 0.1) is 18.5 Å². The summed E-state index contributed by atoms with van der Waals surface area (Å²) in [6.45, 7) is 4.00. The van der Waals surface area contributed by atoms with Crippen LogP contribution in [-0.4, -0.2) is 80.7 Å². The zero-order valence-electron chi connectivity index (χ0n) is 41.2. The SMILES string of the molecule is COc1ccc(/C=C/C(=O)N2CC(CCl)c3c2cc(NC(=O)OCc2ccc(NC(=O)[C@H](CCCNC(N)=O)NC(=O)[C@@H](NC(=O)OCC4c5ccccc5-c5ccccc54)C(C)C)cc2)c2ccccc32)cc1. The van der Waals surface area contributed by atoms with Gasteiger partial charge < -0.3 is 46.1 Å². The van der Waals surface area contributed by atoms with E-state index in [1.165, 1.54) is 6.08 Å². The first-order valence-electron chi connectivity index (χ1n) is 24.4. The second kappa shape index (κ2) is 23.9. The van der Waals surface area contributed by atoms with Crippen molar-refractivity contribution in [2.75, 3.05) is 48.2 Å². The molecule has 6 aromatic carbocycles. The molecule has 3 atom stereocenters. The van der Waals surface area contributed by atoms with E-state index >= 15 is 0 Å². The number of primary amides is 1. The van der Waals surface area contributed by atoms with Gasteiger partial charge in [-0.3, -0.25) is 19.7 Å². The Morgan fingerprint density at radius 2 is 1.43 bits per heavy atom. The number of ether oxygens (including phenoxy) is 3. The lowest BCUT2D eigenvalue weighted by Crippen LogP contribution is -2.54. The molecule has 17 heteroatoms. The van der Waals surface area contributed by atoms with Gasteiger partial charge in [-0.15, -0.1) is 11.6 Å². The van der Waals surface area contributed by atoms with Gasteiger partial charge in [0.1, 0.15) is 31.0 Å². The molecule has 0 aromatic heterocycles. The number of hydrogen-bond donors (Lipinski definition) is 6. The van der Waals surface area contributed by atoms with Crippen molar-refractivity contribution in [3.63, 3.8) is 0 Å². The summed E-state index contributed by atoms with van der Waals surface area (Å²) >= 11 is 6.48. The van der Waals surface area contributed by atoms with E-state index in [1.54, 1.807) is 62.3 Å². The molecule has 0 radical (unpaired) electrons. The maximum Gasteiger partial charge on any atom is 0.411 e. The number of carbonyl (C=O) groups is 6. The number of hydrogen-bond acceptors (Lipinski definition) is 9. The lowest BCUT2D eigenvalue weighted by Gasteiger charge is -2.25. The van der Waals surface area contributed by atoms with E-state index in [1.807, 2.05) is 97.1 Å². The van der Waals surface area contributed by atoms with Gasteiger partial charge in [-0.25, -0.2) is 14.4 Å². The van der Waals surface area contributed by atoms with Gasteiger partial charge in [0, 0.05) is 48.0 Å². The summed E-state index contributed by atoms with van der Waals surface area (Å²) in [5, 5.41) is 15.3. The number of alkyl carbamates (subject to hydrolysis) is 1. The average molecular weight is 1020 g/mol. The maximum atomic E-state index is 13.8. The molecule has 1 heterocycles. The number of nitrogens with one attached hydrogen (secondary N) is 5. The minimum Gasteiger partial charge on any atom is -0.497 e. The van der Waals surface area contributed by atoms with Crippen molar-refractivity contribution in [1.29, 1.82) is 0 Å². The average Bonchev–Trinajstić information content (AvgIpc) is 3.95. The van der Waals surface area contributed by atoms with Crippen LogP contribution in [0.4, 0.5) is 31.4 Å². The molecule has 1 aliphatic carbocycles. The molecule has 382 valence electrons. The third-order valence-electron chi connectivity index (χ3n) is 13.1. The highest BCUT2D eigenvalue weighted by Gasteiger charge is 2.35. The fraction of sp³-hybridized carbons (Fsp3) is 0.263. The van der Waals surface area contributed by atoms with Crippen LogP contribution >= 0.6 is 11.6 Å². The number of methoxy groups -OCH3 is 1. The normalized spacial score (nSPS) is 14.3. The van der Waals surface area contributed by atoms with Gasteiger partial charge in [-0.05, 0) is 99.5 Å². The first kappa shape index (κ1) is 52.0. The molecule has 7 amide bonds. The Bertz CT molecular complexity index is 3030. The van der Waals surface area contributed by atoms with Crippen LogP contribution < -0.4 is 42.0 Å². The van der Waals surface area contributed by atoms with Crippen LogP contribution in [0.1, 0.15) is 66.3 Å². The lowest BCUT2D eigenvalue weighted by molar-refractivity contribution is -0.128. The highest BCUT2D eigenvalue weighted by molar-refractivity contribution is 6.19. The number of anilines is 3. The van der Waals surface area contributed by atoms with Crippen LogP contribution in [-0.2, 0) is 30.5 Å². The van der Waals surface area contributed by atoms with E-state index in [0.29, 0.717) is 41.3 Å². The number of alkyl halides is 1. The van der Waals surface area contributed by atoms with Crippen LogP contribution in [0.25, 0.3) is 28.0 Å². The molecule has 2 aliphatic rings. The Labute approximate surface area is 433 Å². The summed E-state index contributed by atoms with van der Waals surface area (Å²) < 4.78 is 16.6. The molecule has 6 aromatic rings. The van der Waals surface area contributed by atoms with E-state index in [0.717, 1.165) is 44.2 Å². The number of nitrogens with zero attached hydrogens (tertiary/aromatic N) is 1. The molecule has 1 unspecified atom stereocenters. The first-order chi connectivity index (χ1) is 35.8. The van der Waals surface area contributed by atoms with Crippen LogP contribution in [0.3, 0.4) is 0 Å². The fourth-order valence-electron chi connectivity index (χ4n) is 9.41. The van der Waals surface area contributed by atoms with Gasteiger partial charge in [-0.2, -0.15) is 0 Å². The van der Waals surface area contributed by atoms with Crippen LogP contribution in [0.5, 0.6) is 5.75 Å². The van der Waals surface area contributed by atoms with Crippen molar-refractivity contribution in [3.05, 3.63) is 161 Å². The summed E-state index contributed by atoms with van der Waals surface area (Å²) in [7, 11) is 1.59. The Hall–Kier alpha value is -8.37. The molecule has 1 aliphatic heterocycles. The molecule has 8 rings (SSSR count). The number of urea groups is 1. The van der Waals surface area contributed by atoms with Crippen molar-refractivity contribution in [2.24, 2.45) is 11.7 Å². The summed E-state index contributed by atoms with van der Waals surface area (Å²) in [6.07, 6.45) is 2.16. The van der Waals surface area contributed by atoms with Crippen molar-refractivity contribution >= 4 is 81.5 Å². The summed E-state index contributed by atoms with van der Waals surface area (Å²) in [4.78, 5) is 81.1. The minimum atomic E-state index is -1.08. The molecule has 0 fully saturated rings. The van der Waals surface area contributed by atoms with Crippen molar-refractivity contribution in [3.8, 4) is 16.9 Å². The highest BCUT2D eigenvalue weighted by atomic mass is 35.5. The van der Waals surface area contributed by atoms with Crippen molar-refractivity contribution < 1.29 is 43.0 Å². The number of fused-ring (bicyclic) bond motifs is 6. The molecule has 16 nitrogen and oxygen atoms in total. The second-order valence-corrected chi connectivity index (χ2v) is 18.7. The van der Waals surface area contributed by atoms with E-state index in [-0.39, 0.29) is 55.7 Å². The molecule has 0 saturated heterocycles. The monoisotopic (exact) mass is 1020 g/mol. The Balaban J connectivity index is 0.880. The lowest BCUT2D eigenvalue weighted by atomic mass is 9.95. The van der Waals surface area contributed by atoms with E-state index in [9.17, 15) is 28.8 Å². The van der Waals surface area contributed by atoms with Crippen LogP contribution in [0.2, 0.25) is 0 Å². The fourth-order valence-corrected chi connectivity index (χ4v) is 9.67. The van der Waals surface area contributed by atoms with E-state index in [4.69, 9.17) is 31.5 Å². The largest absolute Gasteiger partial charge is 0.497 e. The molecule has 0 spiro atoms. The predicted octanol–water partition coefficient (Wildman–Crippen LogP) is 9.41. The Morgan fingerprint density at radius 1 is 0.770 bits per heavy atom. The smallest absolute Gasteiger partial charge is 0.411 e. The van der Waals surface area contributed by atoms with Gasteiger partial charge in [0.15, 0.2) is 0 Å². The second-order valence-electron chi connectivity index (χ2n) is 18.4. The standard InChI is InChI=1S/C57H58ClN7O9/c1-34(2)52(64-57(71)74-33-46-42-13-6-4-11-40(42)41-12-5-7-14-43(41)46)54(68)62-47(17-10-28-60-55(59)69)53(67)61-38-23-18-36(19-24-38)32-73-56(70)63-48-29-49-51(45-16-9-8-15-44(45)48)37(30-58)31-65(49)50(66)27-22-35-20-25-39(72-3)26-21-35/h4-9,11-16,18-27,29,34,37,46-47,52H,10,17,28,30-33H2,1-3H3,(H,61,67)(H,62,68)(H,63,70)(H,64,71)(H3,59,60,69)/b27-22+/t37?,47-,52-/m0/s1. The van der Waals surface area contributed by atoms with Crippen molar-refractivity contribution in [1.82, 2.24) is 16.0 Å². The zero-order chi connectivity index (χ0) is 52.3. The maximum absolute atomic E-state index is 13.8. The summed E-state index contributed by atoms with van der Waals surface area (Å²) in [5.41, 5.74) is 13.4. The molecular formula is C57H58ClN7O9. The molecule has 74 heavy (non-hydrogen) atoms. The molecule has 0 bridgehead atoms. The molecule has 0 saturated carbocycles. The summed E-state index contributed by atoms with van der Waals surface area (Å²) in [6, 6.07) is 36.4. The minimum absolute atomic E-state index is 0.0560. The Kier molecular flexibility index (Phi) is 16.8. The van der Waals surface area contributed by atoms with Gasteiger partial charge >= 0.3 is 18.2 Å². The number of halogens is 1. The number of amides is 7. The van der Waals surface area contributed by atoms with Crippen molar-refractivity contribution in [2.45, 2.75) is 57.2 Å². The number of benzene rings is 6. The zero-order valence-corrected chi connectivity index (χ0v) is 41.9. The third kappa shape index (κ3) is 12.3. The van der Waals surface area contributed by atoms with Gasteiger partial charge in [-0.1, -0.05) is 111 Å². The van der Waals surface area contributed by atoms with E-state index < -0.39 is 42.1 Å². The van der Waals surface area contributed by atoms with Crippen LogP contribution in [0.15, 0.2) is 133 Å². The quantitative estimate of drug-likeness (QED) is 0.0258. The van der Waals surface area contributed by atoms with Gasteiger partial charge in [0.2, 0.25) is 11.8 Å². The van der Waals surface area contributed by atoms with E-state index in [2.05, 4.69) is 26.6 Å². The van der Waals surface area contributed by atoms with Gasteiger partial charge in [0.25, 0.3) is 5.91 Å². The predicted molar refractivity (Wildman–Crippen MR) is 286 cm³/mol. The summed E-state index contributed by atoms with van der Waals surface area (Å²) in [5.74, 6) is -1.09. The number of carbonyl (C=O) groups excluding carboxylic acids is 6. The number of rotatable bonds is 19. The topological polar surface area (TPSA) is 220 Å². The first-order valence-corrected chi connectivity index (χ1v) is 24.9. The highest BCUT2D eigenvalue weighted by Crippen LogP contribution is 2.46. The molecular weight excluding hydrogens is 962 g/mol. The third-order valence-corrected chi connectivity index (χ3v) is 13.5. The number of nitrogens with two attached hydrogens (primary N) is 1. The Morgan fingerprint density at radius 3 is 2.08 bits per heavy atom. The molecule has 7 N–H and O–H groups in total. The van der Waals surface area contributed by atoms with Crippen LogP contribution in [0, 0.1) is 5.92 Å².